The SMILES string of the molecule is O=C(O)CCn1ccn2nc(-c3ccc(F)cc3)cc2c1=O. The van der Waals surface area contributed by atoms with Crippen LogP contribution in [0.4, 0.5) is 4.39 Å². The lowest BCUT2D eigenvalue weighted by Gasteiger charge is -2.03. The van der Waals surface area contributed by atoms with Crippen LogP contribution in [0.2, 0.25) is 0 Å². The third-order valence-corrected chi connectivity index (χ3v) is 3.31. The van der Waals surface area contributed by atoms with Crippen molar-refractivity contribution in [1.29, 1.82) is 0 Å². The fraction of sp³-hybridized carbons (Fsp3) is 0.133. The van der Waals surface area contributed by atoms with Crippen molar-refractivity contribution in [3.05, 3.63) is 58.9 Å². The third kappa shape index (κ3) is 2.60. The number of benzene rings is 1. The number of carbonyl (C=O) groups is 1. The molecule has 0 amide bonds. The van der Waals surface area contributed by atoms with Gasteiger partial charge in [-0.15, -0.1) is 0 Å². The summed E-state index contributed by atoms with van der Waals surface area (Å²) >= 11 is 0. The van der Waals surface area contributed by atoms with E-state index in [9.17, 15) is 14.0 Å². The number of aromatic nitrogens is 3. The van der Waals surface area contributed by atoms with Gasteiger partial charge in [0.15, 0.2) is 0 Å². The molecule has 6 nitrogen and oxygen atoms in total. The Balaban J connectivity index is 2.02. The molecule has 0 saturated carbocycles. The predicted octanol–water partition coefficient (Wildman–Crippen LogP) is 1.78. The van der Waals surface area contributed by atoms with Crippen molar-refractivity contribution in [3.8, 4) is 11.3 Å². The maximum atomic E-state index is 12.9. The molecule has 7 heteroatoms. The van der Waals surface area contributed by atoms with Crippen LogP contribution in [0, 0.1) is 5.82 Å². The zero-order valence-electron chi connectivity index (χ0n) is 11.4. The van der Waals surface area contributed by atoms with Gasteiger partial charge in [0.2, 0.25) is 0 Å². The molecule has 3 aromatic rings. The lowest BCUT2D eigenvalue weighted by Crippen LogP contribution is -2.22. The Kier molecular flexibility index (Phi) is 3.46. The number of nitrogens with zero attached hydrogens (tertiary/aromatic N) is 3. The normalized spacial score (nSPS) is 11.0. The van der Waals surface area contributed by atoms with E-state index in [-0.39, 0.29) is 24.3 Å². The minimum atomic E-state index is -0.965. The smallest absolute Gasteiger partial charge is 0.305 e. The number of aryl methyl sites for hydroxylation is 1. The van der Waals surface area contributed by atoms with Gasteiger partial charge in [0.25, 0.3) is 5.56 Å². The molecule has 0 bridgehead atoms. The van der Waals surface area contributed by atoms with E-state index in [1.165, 1.54) is 27.4 Å². The van der Waals surface area contributed by atoms with Gasteiger partial charge in [-0.1, -0.05) is 0 Å². The van der Waals surface area contributed by atoms with Crippen LogP contribution < -0.4 is 5.56 Å². The standard InChI is InChI=1S/C15H12FN3O3/c16-11-3-1-10(2-4-11)12-9-13-15(22)18(6-5-14(20)21)7-8-19(13)17-12/h1-4,7-9H,5-6H2,(H,20,21). The van der Waals surface area contributed by atoms with E-state index in [4.69, 9.17) is 5.11 Å². The number of hydrogen-bond donors (Lipinski definition) is 1. The van der Waals surface area contributed by atoms with Crippen molar-refractivity contribution in [1.82, 2.24) is 14.2 Å². The van der Waals surface area contributed by atoms with E-state index < -0.39 is 5.97 Å². The van der Waals surface area contributed by atoms with Crippen molar-refractivity contribution in [3.63, 3.8) is 0 Å². The fourth-order valence-corrected chi connectivity index (χ4v) is 2.18. The van der Waals surface area contributed by atoms with Gasteiger partial charge >= 0.3 is 5.97 Å². The molecule has 0 spiro atoms. The van der Waals surface area contributed by atoms with Crippen LogP contribution in [-0.4, -0.2) is 25.3 Å². The van der Waals surface area contributed by atoms with Gasteiger partial charge in [0, 0.05) is 24.5 Å². The van der Waals surface area contributed by atoms with E-state index in [0.29, 0.717) is 16.8 Å². The second-order valence-electron chi connectivity index (χ2n) is 4.81. The highest BCUT2D eigenvalue weighted by Crippen LogP contribution is 2.18. The van der Waals surface area contributed by atoms with E-state index >= 15 is 0 Å². The van der Waals surface area contributed by atoms with E-state index in [2.05, 4.69) is 5.10 Å². The van der Waals surface area contributed by atoms with Crippen LogP contribution in [-0.2, 0) is 11.3 Å². The third-order valence-electron chi connectivity index (χ3n) is 3.31. The second kappa shape index (κ2) is 5.44. The molecule has 2 heterocycles. The van der Waals surface area contributed by atoms with Gasteiger partial charge in [-0.05, 0) is 30.3 Å². The molecular weight excluding hydrogens is 289 g/mol. The summed E-state index contributed by atoms with van der Waals surface area (Å²) < 4.78 is 15.7. The maximum absolute atomic E-state index is 12.9. The highest BCUT2D eigenvalue weighted by atomic mass is 19.1. The number of hydrogen-bond acceptors (Lipinski definition) is 3. The Morgan fingerprint density at radius 3 is 2.64 bits per heavy atom. The van der Waals surface area contributed by atoms with Crippen LogP contribution in [0.3, 0.4) is 0 Å². The van der Waals surface area contributed by atoms with Crippen molar-refractivity contribution in [2.45, 2.75) is 13.0 Å². The topological polar surface area (TPSA) is 76.6 Å². The Hall–Kier alpha value is -2.96. The van der Waals surface area contributed by atoms with Crippen molar-refractivity contribution in [2.75, 3.05) is 0 Å². The van der Waals surface area contributed by atoms with Gasteiger partial charge < -0.3 is 9.67 Å². The molecule has 0 aliphatic heterocycles. The monoisotopic (exact) mass is 301 g/mol. The van der Waals surface area contributed by atoms with Gasteiger partial charge in [0.1, 0.15) is 11.3 Å². The molecule has 0 atom stereocenters. The molecule has 0 aliphatic rings. The molecule has 22 heavy (non-hydrogen) atoms. The minimum Gasteiger partial charge on any atom is -0.481 e. The summed E-state index contributed by atoms with van der Waals surface area (Å²) in [6.07, 6.45) is 2.96. The minimum absolute atomic E-state index is 0.0989. The first-order chi connectivity index (χ1) is 10.5. The van der Waals surface area contributed by atoms with Crippen LogP contribution in [0.25, 0.3) is 16.8 Å². The molecule has 0 unspecified atom stereocenters. The van der Waals surface area contributed by atoms with Gasteiger partial charge in [-0.3, -0.25) is 9.59 Å². The maximum Gasteiger partial charge on any atom is 0.305 e. The summed E-state index contributed by atoms with van der Waals surface area (Å²) in [5.74, 6) is -1.31. The Morgan fingerprint density at radius 2 is 1.95 bits per heavy atom. The lowest BCUT2D eigenvalue weighted by molar-refractivity contribution is -0.137. The Bertz CT molecular complexity index is 897. The average molecular weight is 301 g/mol. The zero-order valence-corrected chi connectivity index (χ0v) is 11.4. The summed E-state index contributed by atoms with van der Waals surface area (Å²) in [7, 11) is 0. The van der Waals surface area contributed by atoms with Crippen molar-refractivity contribution in [2.24, 2.45) is 0 Å². The Morgan fingerprint density at radius 1 is 1.23 bits per heavy atom. The van der Waals surface area contributed by atoms with Crippen molar-refractivity contribution >= 4 is 11.5 Å². The van der Waals surface area contributed by atoms with Gasteiger partial charge in [-0.25, -0.2) is 8.91 Å². The molecule has 2 aromatic heterocycles. The largest absolute Gasteiger partial charge is 0.481 e. The molecular formula is C15H12FN3O3. The predicted molar refractivity (Wildman–Crippen MR) is 77.1 cm³/mol. The second-order valence-corrected chi connectivity index (χ2v) is 4.81. The number of halogens is 1. The van der Waals surface area contributed by atoms with E-state index in [1.807, 2.05) is 0 Å². The summed E-state index contributed by atoms with van der Waals surface area (Å²) in [6, 6.07) is 7.42. The number of carboxylic acids is 1. The molecule has 1 N–H and O–H groups in total. The van der Waals surface area contributed by atoms with Crippen LogP contribution in [0.15, 0.2) is 47.5 Å². The van der Waals surface area contributed by atoms with Gasteiger partial charge in [-0.2, -0.15) is 5.10 Å². The van der Waals surface area contributed by atoms with E-state index in [1.54, 1.807) is 24.4 Å². The molecule has 0 aliphatic carbocycles. The summed E-state index contributed by atoms with van der Waals surface area (Å²) in [4.78, 5) is 22.9. The summed E-state index contributed by atoms with van der Waals surface area (Å²) in [5, 5.41) is 13.0. The highest BCUT2D eigenvalue weighted by molar-refractivity contribution is 5.67. The van der Waals surface area contributed by atoms with Crippen LogP contribution in [0.1, 0.15) is 6.42 Å². The zero-order chi connectivity index (χ0) is 15.7. The fourth-order valence-electron chi connectivity index (χ4n) is 2.18. The average Bonchev–Trinajstić information content (AvgIpc) is 2.92. The molecule has 0 saturated heterocycles. The summed E-state index contributed by atoms with van der Waals surface area (Å²) in [6.45, 7) is 0.0989. The number of carboxylic acid groups (broad SMARTS) is 1. The first kappa shape index (κ1) is 14.0. The number of fused-ring (bicyclic) bond motifs is 1. The Labute approximate surface area is 124 Å². The number of aliphatic carboxylic acids is 1. The number of rotatable bonds is 4. The quantitative estimate of drug-likeness (QED) is 0.797. The molecule has 3 rings (SSSR count). The van der Waals surface area contributed by atoms with Crippen molar-refractivity contribution < 1.29 is 14.3 Å². The molecule has 0 radical (unpaired) electrons. The first-order valence-electron chi connectivity index (χ1n) is 6.61. The van der Waals surface area contributed by atoms with Crippen LogP contribution >= 0.6 is 0 Å². The summed E-state index contributed by atoms with van der Waals surface area (Å²) in [5.41, 5.74) is 1.27. The molecule has 112 valence electrons. The van der Waals surface area contributed by atoms with E-state index in [0.717, 1.165) is 0 Å². The molecule has 0 fully saturated rings. The lowest BCUT2D eigenvalue weighted by atomic mass is 10.1. The molecule has 1 aromatic carbocycles. The highest BCUT2D eigenvalue weighted by Gasteiger charge is 2.10. The first-order valence-corrected chi connectivity index (χ1v) is 6.61. The van der Waals surface area contributed by atoms with Crippen LogP contribution in [0.5, 0.6) is 0 Å². The van der Waals surface area contributed by atoms with Gasteiger partial charge in [0.05, 0.1) is 12.1 Å².